The van der Waals surface area contributed by atoms with Crippen LogP contribution in [0.3, 0.4) is 0 Å². The van der Waals surface area contributed by atoms with Crippen LogP contribution >= 0.6 is 11.3 Å². The predicted octanol–water partition coefficient (Wildman–Crippen LogP) is 4.90. The summed E-state index contributed by atoms with van der Waals surface area (Å²) in [4.78, 5) is 13.5. The highest BCUT2D eigenvalue weighted by Crippen LogP contribution is 2.21. The van der Waals surface area contributed by atoms with Crippen LogP contribution < -0.4 is 5.32 Å². The molecule has 2 aromatic carbocycles. The fourth-order valence-electron chi connectivity index (χ4n) is 2.37. The van der Waals surface area contributed by atoms with E-state index >= 15 is 0 Å². The van der Waals surface area contributed by atoms with Crippen LogP contribution in [0.2, 0.25) is 0 Å². The lowest BCUT2D eigenvalue weighted by Crippen LogP contribution is -2.12. The van der Waals surface area contributed by atoms with E-state index in [1.807, 2.05) is 54.8 Å². The van der Waals surface area contributed by atoms with E-state index in [1.165, 1.54) is 5.56 Å². The fraction of sp³-hybridized carbons (Fsp3) is 0.105. The van der Waals surface area contributed by atoms with E-state index in [4.69, 9.17) is 0 Å². The number of hydrogen-bond acceptors (Lipinski definition) is 2. The molecule has 0 aliphatic heterocycles. The van der Waals surface area contributed by atoms with E-state index < -0.39 is 0 Å². The number of benzene rings is 2. The average Bonchev–Trinajstić information content (AvgIpc) is 2.97. The summed E-state index contributed by atoms with van der Waals surface area (Å²) in [5.74, 6) is -0.0511. The van der Waals surface area contributed by atoms with Crippen molar-refractivity contribution >= 4 is 22.9 Å². The molecule has 0 bridgehead atoms. The van der Waals surface area contributed by atoms with Crippen LogP contribution in [-0.2, 0) is 6.42 Å². The first-order valence-corrected chi connectivity index (χ1v) is 8.08. The summed E-state index contributed by atoms with van der Waals surface area (Å²) >= 11 is 1.59. The minimum Gasteiger partial charge on any atom is -0.322 e. The van der Waals surface area contributed by atoms with Gasteiger partial charge in [0.25, 0.3) is 5.91 Å². The van der Waals surface area contributed by atoms with Gasteiger partial charge in [-0.15, -0.1) is 11.3 Å². The lowest BCUT2D eigenvalue weighted by molar-refractivity contribution is 0.102. The fourth-order valence-corrected chi connectivity index (χ4v) is 3.05. The number of amides is 1. The number of nitrogens with one attached hydrogen (secondary N) is 1. The predicted molar refractivity (Wildman–Crippen MR) is 92.7 cm³/mol. The topological polar surface area (TPSA) is 29.1 Å². The van der Waals surface area contributed by atoms with Gasteiger partial charge in [-0.2, -0.15) is 0 Å². The van der Waals surface area contributed by atoms with Crippen molar-refractivity contribution in [2.24, 2.45) is 0 Å². The number of para-hydroxylation sites is 1. The highest BCUT2D eigenvalue weighted by atomic mass is 32.1. The van der Waals surface area contributed by atoms with Gasteiger partial charge in [0, 0.05) is 15.9 Å². The Bertz CT molecular complexity index is 777. The molecule has 1 aromatic heterocycles. The lowest BCUT2D eigenvalue weighted by Gasteiger charge is -2.10. The molecule has 110 valence electrons. The Kier molecular flexibility index (Phi) is 4.35. The SMILES string of the molecule is Cc1cc(C(=O)Nc2ccccc2Cc2ccccc2)cs1. The average molecular weight is 307 g/mol. The van der Waals surface area contributed by atoms with Gasteiger partial charge in [-0.1, -0.05) is 48.5 Å². The molecule has 0 unspecified atom stereocenters. The standard InChI is InChI=1S/C19H17NOS/c1-14-11-17(13-22-14)19(21)20-18-10-6-5-9-16(18)12-15-7-3-2-4-8-15/h2-11,13H,12H2,1H3,(H,20,21). The van der Waals surface area contributed by atoms with Gasteiger partial charge in [0.15, 0.2) is 0 Å². The van der Waals surface area contributed by atoms with Crippen LogP contribution in [0.4, 0.5) is 5.69 Å². The van der Waals surface area contributed by atoms with Crippen molar-refractivity contribution < 1.29 is 4.79 Å². The smallest absolute Gasteiger partial charge is 0.256 e. The molecule has 0 atom stereocenters. The van der Waals surface area contributed by atoms with E-state index in [1.54, 1.807) is 11.3 Å². The third kappa shape index (κ3) is 3.43. The molecule has 1 heterocycles. The molecule has 1 N–H and O–H groups in total. The summed E-state index contributed by atoms with van der Waals surface area (Å²) in [6.07, 6.45) is 0.806. The number of carbonyl (C=O) groups excluding carboxylic acids is 1. The normalized spacial score (nSPS) is 10.4. The second-order valence-electron chi connectivity index (χ2n) is 5.22. The monoisotopic (exact) mass is 307 g/mol. The van der Waals surface area contributed by atoms with Crippen LogP contribution in [0, 0.1) is 6.92 Å². The Morgan fingerprint density at radius 1 is 1.05 bits per heavy atom. The summed E-state index contributed by atoms with van der Waals surface area (Å²) in [7, 11) is 0. The van der Waals surface area contributed by atoms with Crippen molar-refractivity contribution in [3.8, 4) is 0 Å². The first-order chi connectivity index (χ1) is 10.7. The third-order valence-electron chi connectivity index (χ3n) is 3.50. The van der Waals surface area contributed by atoms with Crippen LogP contribution in [0.5, 0.6) is 0 Å². The minimum absolute atomic E-state index is 0.0511. The second kappa shape index (κ2) is 6.58. The lowest BCUT2D eigenvalue weighted by atomic mass is 10.0. The van der Waals surface area contributed by atoms with Crippen LogP contribution in [-0.4, -0.2) is 5.91 Å². The summed E-state index contributed by atoms with van der Waals surface area (Å²) in [5, 5.41) is 4.92. The van der Waals surface area contributed by atoms with Crippen LogP contribution in [0.1, 0.15) is 26.4 Å². The molecule has 22 heavy (non-hydrogen) atoms. The Morgan fingerprint density at radius 3 is 2.50 bits per heavy atom. The first kappa shape index (κ1) is 14.5. The molecule has 3 aromatic rings. The molecule has 2 nitrogen and oxygen atoms in total. The van der Waals surface area contributed by atoms with Crippen molar-refractivity contribution in [1.82, 2.24) is 0 Å². The molecule has 0 saturated heterocycles. The quantitative estimate of drug-likeness (QED) is 0.730. The van der Waals surface area contributed by atoms with E-state index in [9.17, 15) is 4.79 Å². The minimum atomic E-state index is -0.0511. The third-order valence-corrected chi connectivity index (χ3v) is 4.36. The molecular formula is C19H17NOS. The Balaban J connectivity index is 1.81. The Labute approximate surface area is 134 Å². The zero-order valence-electron chi connectivity index (χ0n) is 12.4. The van der Waals surface area contributed by atoms with Crippen molar-refractivity contribution in [2.75, 3.05) is 5.32 Å². The zero-order chi connectivity index (χ0) is 15.4. The van der Waals surface area contributed by atoms with Crippen LogP contribution in [0.15, 0.2) is 66.0 Å². The van der Waals surface area contributed by atoms with Crippen molar-refractivity contribution in [2.45, 2.75) is 13.3 Å². The second-order valence-corrected chi connectivity index (χ2v) is 6.34. The molecule has 0 aliphatic rings. The van der Waals surface area contributed by atoms with Crippen LogP contribution in [0.25, 0.3) is 0 Å². The molecule has 0 aliphatic carbocycles. The van der Waals surface area contributed by atoms with E-state index in [2.05, 4.69) is 23.5 Å². The summed E-state index contributed by atoms with van der Waals surface area (Å²) < 4.78 is 0. The highest BCUT2D eigenvalue weighted by molar-refractivity contribution is 7.10. The summed E-state index contributed by atoms with van der Waals surface area (Å²) in [5.41, 5.74) is 3.95. The number of hydrogen-bond donors (Lipinski definition) is 1. The van der Waals surface area contributed by atoms with Crippen molar-refractivity contribution in [3.63, 3.8) is 0 Å². The number of thiophene rings is 1. The molecule has 1 amide bonds. The summed E-state index contributed by atoms with van der Waals surface area (Å²) in [6.45, 7) is 2.00. The summed E-state index contributed by atoms with van der Waals surface area (Å²) in [6, 6.07) is 20.1. The molecular weight excluding hydrogens is 290 g/mol. The van der Waals surface area contributed by atoms with Gasteiger partial charge >= 0.3 is 0 Å². The molecule has 3 heteroatoms. The van der Waals surface area contributed by atoms with Gasteiger partial charge in [-0.05, 0) is 36.6 Å². The molecule has 3 rings (SSSR count). The molecule has 0 radical (unpaired) electrons. The number of anilines is 1. The highest BCUT2D eigenvalue weighted by Gasteiger charge is 2.10. The number of rotatable bonds is 4. The van der Waals surface area contributed by atoms with Gasteiger partial charge < -0.3 is 5.32 Å². The van der Waals surface area contributed by atoms with Gasteiger partial charge in [0.05, 0.1) is 5.56 Å². The van der Waals surface area contributed by atoms with E-state index in [0.29, 0.717) is 0 Å². The van der Waals surface area contributed by atoms with Gasteiger partial charge in [-0.25, -0.2) is 0 Å². The van der Waals surface area contributed by atoms with E-state index in [-0.39, 0.29) is 5.91 Å². The Hall–Kier alpha value is -2.39. The van der Waals surface area contributed by atoms with Gasteiger partial charge in [0.2, 0.25) is 0 Å². The van der Waals surface area contributed by atoms with Crippen molar-refractivity contribution in [3.05, 3.63) is 87.6 Å². The van der Waals surface area contributed by atoms with Gasteiger partial charge in [-0.3, -0.25) is 4.79 Å². The van der Waals surface area contributed by atoms with Gasteiger partial charge in [0.1, 0.15) is 0 Å². The maximum absolute atomic E-state index is 12.3. The number of aryl methyl sites for hydroxylation is 1. The van der Waals surface area contributed by atoms with Crippen molar-refractivity contribution in [1.29, 1.82) is 0 Å². The Morgan fingerprint density at radius 2 is 1.77 bits per heavy atom. The number of carbonyl (C=O) groups is 1. The molecule has 0 spiro atoms. The van der Waals surface area contributed by atoms with E-state index in [0.717, 1.165) is 28.1 Å². The molecule has 0 saturated carbocycles. The first-order valence-electron chi connectivity index (χ1n) is 7.21. The maximum Gasteiger partial charge on any atom is 0.256 e. The maximum atomic E-state index is 12.3. The largest absolute Gasteiger partial charge is 0.322 e. The molecule has 0 fully saturated rings. The zero-order valence-corrected chi connectivity index (χ0v) is 13.2.